The molecule has 1 N–H and O–H groups in total. The van der Waals surface area contributed by atoms with Gasteiger partial charge >= 0.3 is 0 Å². The van der Waals surface area contributed by atoms with Gasteiger partial charge in [0.25, 0.3) is 5.91 Å². The number of carbonyl (C=O) groups is 1. The maximum atomic E-state index is 12.0. The highest BCUT2D eigenvalue weighted by molar-refractivity contribution is 7.21. The van der Waals surface area contributed by atoms with Gasteiger partial charge in [0, 0.05) is 31.8 Å². The van der Waals surface area contributed by atoms with Gasteiger partial charge in [0.05, 0.1) is 10.4 Å². The third kappa shape index (κ3) is 2.36. The molecule has 19 heavy (non-hydrogen) atoms. The summed E-state index contributed by atoms with van der Waals surface area (Å²) in [7, 11) is 1.66. The summed E-state index contributed by atoms with van der Waals surface area (Å²) in [5.41, 5.74) is 1.00. The van der Waals surface area contributed by atoms with E-state index in [1.807, 2.05) is 22.0 Å². The van der Waals surface area contributed by atoms with Crippen molar-refractivity contribution in [2.24, 2.45) is 0 Å². The lowest BCUT2D eigenvalue weighted by atomic mass is 10.4. The van der Waals surface area contributed by atoms with Crippen LogP contribution in [0.15, 0.2) is 17.6 Å². The van der Waals surface area contributed by atoms with E-state index in [0.29, 0.717) is 18.0 Å². The number of thiophene rings is 1. The summed E-state index contributed by atoms with van der Waals surface area (Å²) in [5, 5.41) is 4.87. The zero-order valence-electron chi connectivity index (χ0n) is 10.4. The van der Waals surface area contributed by atoms with Crippen LogP contribution in [0, 0.1) is 0 Å². The van der Waals surface area contributed by atoms with E-state index in [9.17, 15) is 4.79 Å². The lowest BCUT2D eigenvalue weighted by molar-refractivity contribution is 0.0952. The Labute approximate surface area is 117 Å². The molecular weight excluding hydrogens is 282 g/mol. The SMILES string of the molecule is COCCCNC(=O)c1cc2c(nc3sccn32)s1. The Morgan fingerprint density at radius 1 is 1.58 bits per heavy atom. The fourth-order valence-electron chi connectivity index (χ4n) is 1.87. The number of nitrogens with one attached hydrogen (secondary N) is 1. The van der Waals surface area contributed by atoms with Gasteiger partial charge in [0.15, 0.2) is 4.96 Å². The molecule has 0 unspecified atom stereocenters. The number of hydrogen-bond acceptors (Lipinski definition) is 5. The third-order valence-corrected chi connectivity index (χ3v) is 4.55. The molecule has 0 saturated heterocycles. The molecule has 0 bridgehead atoms. The van der Waals surface area contributed by atoms with Crippen molar-refractivity contribution in [1.29, 1.82) is 0 Å². The first kappa shape index (κ1) is 12.6. The molecule has 0 aliphatic heterocycles. The van der Waals surface area contributed by atoms with Crippen molar-refractivity contribution in [2.45, 2.75) is 6.42 Å². The molecule has 100 valence electrons. The standard InChI is InChI=1S/C12H13N3O2S2/c1-17-5-2-3-13-10(16)9-7-8-11(19-9)14-12-15(8)4-6-18-12/h4,6-7H,2-3,5H2,1H3,(H,13,16). The molecule has 7 heteroatoms. The van der Waals surface area contributed by atoms with Gasteiger partial charge < -0.3 is 10.1 Å². The summed E-state index contributed by atoms with van der Waals surface area (Å²) in [4.78, 5) is 19.0. The van der Waals surface area contributed by atoms with E-state index in [-0.39, 0.29) is 5.91 Å². The van der Waals surface area contributed by atoms with Crippen LogP contribution in [0.5, 0.6) is 0 Å². The zero-order valence-corrected chi connectivity index (χ0v) is 12.0. The second kappa shape index (κ2) is 5.28. The van der Waals surface area contributed by atoms with Gasteiger partial charge in [-0.15, -0.1) is 22.7 Å². The Balaban J connectivity index is 1.76. The molecule has 0 aliphatic carbocycles. The van der Waals surface area contributed by atoms with Crippen LogP contribution in [0.3, 0.4) is 0 Å². The molecule has 0 aromatic carbocycles. The van der Waals surface area contributed by atoms with Crippen molar-refractivity contribution in [2.75, 3.05) is 20.3 Å². The molecular formula is C12H13N3O2S2. The van der Waals surface area contributed by atoms with Crippen LogP contribution in [-0.2, 0) is 4.74 Å². The number of rotatable bonds is 5. The number of fused-ring (bicyclic) bond motifs is 3. The van der Waals surface area contributed by atoms with Crippen molar-refractivity contribution in [1.82, 2.24) is 14.7 Å². The van der Waals surface area contributed by atoms with Crippen molar-refractivity contribution in [3.8, 4) is 0 Å². The average molecular weight is 295 g/mol. The van der Waals surface area contributed by atoms with Crippen molar-refractivity contribution >= 4 is 43.9 Å². The molecule has 0 saturated carbocycles. The topological polar surface area (TPSA) is 55.6 Å². The second-order valence-electron chi connectivity index (χ2n) is 4.07. The van der Waals surface area contributed by atoms with E-state index < -0.39 is 0 Å². The number of thiazole rings is 1. The molecule has 0 atom stereocenters. The van der Waals surface area contributed by atoms with Gasteiger partial charge in [0.1, 0.15) is 4.83 Å². The summed E-state index contributed by atoms with van der Waals surface area (Å²) in [6.45, 7) is 1.29. The van der Waals surface area contributed by atoms with Crippen molar-refractivity contribution < 1.29 is 9.53 Å². The van der Waals surface area contributed by atoms with Crippen LogP contribution in [0.25, 0.3) is 15.3 Å². The maximum absolute atomic E-state index is 12.0. The van der Waals surface area contributed by atoms with Crippen LogP contribution < -0.4 is 5.32 Å². The number of imidazole rings is 1. The zero-order chi connectivity index (χ0) is 13.2. The number of amides is 1. The third-order valence-electron chi connectivity index (χ3n) is 2.77. The van der Waals surface area contributed by atoms with Crippen LogP contribution in [-0.4, -0.2) is 35.6 Å². The van der Waals surface area contributed by atoms with Crippen LogP contribution in [0.2, 0.25) is 0 Å². The van der Waals surface area contributed by atoms with E-state index in [2.05, 4.69) is 10.3 Å². The molecule has 3 aromatic rings. The average Bonchev–Trinajstić information content (AvgIpc) is 3.05. The minimum absolute atomic E-state index is 0.0388. The van der Waals surface area contributed by atoms with Gasteiger partial charge in [0.2, 0.25) is 0 Å². The Kier molecular flexibility index (Phi) is 3.50. The Hall–Kier alpha value is -1.44. The number of methoxy groups -OCH3 is 1. The smallest absolute Gasteiger partial charge is 0.261 e. The molecule has 0 aliphatic rings. The first-order valence-electron chi connectivity index (χ1n) is 5.92. The Morgan fingerprint density at radius 3 is 3.32 bits per heavy atom. The highest BCUT2D eigenvalue weighted by Gasteiger charge is 2.14. The van der Waals surface area contributed by atoms with E-state index in [0.717, 1.165) is 21.7 Å². The quantitative estimate of drug-likeness (QED) is 0.735. The first-order chi connectivity index (χ1) is 9.29. The molecule has 3 heterocycles. The van der Waals surface area contributed by atoms with Crippen LogP contribution in [0.4, 0.5) is 0 Å². The van der Waals surface area contributed by atoms with Gasteiger partial charge in [-0.2, -0.15) is 0 Å². The molecule has 0 radical (unpaired) electrons. The molecule has 3 rings (SSSR count). The maximum Gasteiger partial charge on any atom is 0.261 e. The van der Waals surface area contributed by atoms with E-state index >= 15 is 0 Å². The normalized spacial score (nSPS) is 11.4. The number of nitrogens with zero attached hydrogens (tertiary/aromatic N) is 2. The summed E-state index contributed by atoms with van der Waals surface area (Å²) in [6.07, 6.45) is 2.80. The fourth-order valence-corrected chi connectivity index (χ4v) is 3.58. The summed E-state index contributed by atoms with van der Waals surface area (Å²) < 4.78 is 6.96. The van der Waals surface area contributed by atoms with E-state index in [1.165, 1.54) is 11.3 Å². The fraction of sp³-hybridized carbons (Fsp3) is 0.333. The monoisotopic (exact) mass is 295 g/mol. The second-order valence-corrected chi connectivity index (χ2v) is 5.97. The van der Waals surface area contributed by atoms with Gasteiger partial charge in [-0.1, -0.05) is 0 Å². The molecule has 0 fully saturated rings. The number of aromatic nitrogens is 2. The highest BCUT2D eigenvalue weighted by atomic mass is 32.1. The molecule has 1 amide bonds. The predicted molar refractivity (Wildman–Crippen MR) is 77.3 cm³/mol. The van der Waals surface area contributed by atoms with Crippen LogP contribution in [0.1, 0.15) is 16.1 Å². The Bertz CT molecular complexity index is 713. The first-order valence-corrected chi connectivity index (χ1v) is 7.61. The highest BCUT2D eigenvalue weighted by Crippen LogP contribution is 2.28. The number of ether oxygens (including phenoxy) is 1. The van der Waals surface area contributed by atoms with Gasteiger partial charge in [-0.25, -0.2) is 4.98 Å². The van der Waals surface area contributed by atoms with E-state index in [1.54, 1.807) is 18.4 Å². The summed E-state index contributed by atoms with van der Waals surface area (Å²) in [5.74, 6) is -0.0388. The minimum atomic E-state index is -0.0388. The summed E-state index contributed by atoms with van der Waals surface area (Å²) >= 11 is 3.03. The minimum Gasteiger partial charge on any atom is -0.385 e. The Morgan fingerprint density at radius 2 is 2.47 bits per heavy atom. The van der Waals surface area contributed by atoms with Crippen molar-refractivity contribution in [3.63, 3.8) is 0 Å². The lowest BCUT2D eigenvalue weighted by Crippen LogP contribution is -2.24. The van der Waals surface area contributed by atoms with E-state index in [4.69, 9.17) is 4.74 Å². The molecule has 0 spiro atoms. The summed E-state index contributed by atoms with van der Waals surface area (Å²) in [6, 6.07) is 1.90. The molecule has 5 nitrogen and oxygen atoms in total. The molecule has 3 aromatic heterocycles. The number of carbonyl (C=O) groups excluding carboxylic acids is 1. The number of hydrogen-bond donors (Lipinski definition) is 1. The largest absolute Gasteiger partial charge is 0.385 e. The van der Waals surface area contributed by atoms with Crippen molar-refractivity contribution in [3.05, 3.63) is 22.5 Å². The van der Waals surface area contributed by atoms with Gasteiger partial charge in [-0.05, 0) is 12.5 Å². The van der Waals surface area contributed by atoms with Crippen LogP contribution >= 0.6 is 22.7 Å². The predicted octanol–water partition coefficient (Wildman–Crippen LogP) is 2.38. The lowest BCUT2D eigenvalue weighted by Gasteiger charge is -2.02. The van der Waals surface area contributed by atoms with Gasteiger partial charge in [-0.3, -0.25) is 9.20 Å².